The largest absolute Gasteiger partial charge is 0.481 e. The van der Waals surface area contributed by atoms with Gasteiger partial charge >= 0.3 is 12.1 Å². The smallest absolute Gasteiger partial charge is 0.407 e. The van der Waals surface area contributed by atoms with Gasteiger partial charge in [0.15, 0.2) is 0 Å². The van der Waals surface area contributed by atoms with Crippen LogP contribution in [-0.2, 0) is 14.3 Å². The van der Waals surface area contributed by atoms with E-state index in [0.717, 1.165) is 24.0 Å². The number of amides is 2. The van der Waals surface area contributed by atoms with Gasteiger partial charge in [0.2, 0.25) is 5.91 Å². The van der Waals surface area contributed by atoms with Crippen molar-refractivity contribution in [2.45, 2.75) is 64.0 Å². The molecule has 2 aromatic carbocycles. The molecule has 0 aliphatic heterocycles. The number of alkyl carbamates (subject to hydrolysis) is 1. The number of nitrogens with one attached hydrogen (secondary N) is 2. The highest BCUT2D eigenvalue weighted by Crippen LogP contribution is 2.44. The van der Waals surface area contributed by atoms with Crippen LogP contribution in [0.15, 0.2) is 48.5 Å². The number of carbonyl (C=O) groups excluding carboxylic acids is 2. The first-order chi connectivity index (χ1) is 16.8. The van der Waals surface area contributed by atoms with Crippen LogP contribution in [0.5, 0.6) is 0 Å². The molecule has 4 rings (SSSR count). The van der Waals surface area contributed by atoms with Gasteiger partial charge in [-0.1, -0.05) is 62.4 Å². The third-order valence-electron chi connectivity index (χ3n) is 7.23. The molecule has 1 fully saturated rings. The highest BCUT2D eigenvalue weighted by atomic mass is 16.5. The quantitative estimate of drug-likeness (QED) is 0.485. The normalized spacial score (nSPS) is 19.6. The summed E-state index contributed by atoms with van der Waals surface area (Å²) in [7, 11) is 0. The van der Waals surface area contributed by atoms with Crippen LogP contribution in [0.4, 0.5) is 4.79 Å². The molecule has 2 aliphatic carbocycles. The molecule has 7 heteroatoms. The van der Waals surface area contributed by atoms with Crippen molar-refractivity contribution >= 4 is 18.0 Å². The second kappa shape index (κ2) is 10.9. The Morgan fingerprint density at radius 2 is 1.63 bits per heavy atom. The number of rotatable bonds is 9. The molecule has 0 spiro atoms. The van der Waals surface area contributed by atoms with Gasteiger partial charge < -0.3 is 20.5 Å². The number of carboxylic acids is 1. The lowest BCUT2D eigenvalue weighted by Gasteiger charge is -2.23. The first-order valence-corrected chi connectivity index (χ1v) is 12.4. The van der Waals surface area contributed by atoms with E-state index in [1.807, 2.05) is 38.1 Å². The summed E-state index contributed by atoms with van der Waals surface area (Å²) in [6.07, 6.45) is 2.05. The zero-order valence-corrected chi connectivity index (χ0v) is 20.3. The zero-order chi connectivity index (χ0) is 24.9. The molecule has 3 atom stereocenters. The van der Waals surface area contributed by atoms with E-state index in [0.29, 0.717) is 6.42 Å². The molecule has 0 radical (unpaired) electrons. The molecule has 35 heavy (non-hydrogen) atoms. The number of hydrogen-bond donors (Lipinski definition) is 3. The fraction of sp³-hybridized carbons (Fsp3) is 0.464. The molecule has 7 nitrogen and oxygen atoms in total. The average Bonchev–Trinajstić information content (AvgIpc) is 3.38. The summed E-state index contributed by atoms with van der Waals surface area (Å²) < 4.78 is 5.65. The molecular formula is C28H34N2O5. The summed E-state index contributed by atoms with van der Waals surface area (Å²) >= 11 is 0. The van der Waals surface area contributed by atoms with E-state index in [1.165, 1.54) is 11.1 Å². The van der Waals surface area contributed by atoms with E-state index in [-0.39, 0.29) is 55.2 Å². The van der Waals surface area contributed by atoms with Crippen LogP contribution < -0.4 is 10.6 Å². The second-order valence-electron chi connectivity index (χ2n) is 10.1. The summed E-state index contributed by atoms with van der Waals surface area (Å²) in [5.74, 6) is -0.796. The first-order valence-electron chi connectivity index (χ1n) is 12.4. The maximum atomic E-state index is 12.7. The minimum Gasteiger partial charge on any atom is -0.481 e. The fourth-order valence-electron chi connectivity index (χ4n) is 5.37. The second-order valence-corrected chi connectivity index (χ2v) is 10.1. The molecule has 2 amide bonds. The van der Waals surface area contributed by atoms with E-state index in [2.05, 4.69) is 34.9 Å². The third-order valence-corrected chi connectivity index (χ3v) is 7.23. The van der Waals surface area contributed by atoms with Gasteiger partial charge in [-0.2, -0.15) is 0 Å². The van der Waals surface area contributed by atoms with E-state index < -0.39 is 12.1 Å². The van der Waals surface area contributed by atoms with Crippen molar-refractivity contribution in [1.82, 2.24) is 10.6 Å². The standard InChI is InChI=1S/C28H34N2O5/c1-17(2)25(15-26(31)29-19-12-11-18(13-19)14-27(32)33)30-28(34)35-16-24-22-9-5-3-7-20(22)21-8-4-6-10-23(21)24/h3-10,17-19,24-25H,11-16H2,1-2H3,(H,29,31)(H,30,34)(H,32,33)/t18?,19?,25-/m0/s1. The van der Waals surface area contributed by atoms with Crippen molar-refractivity contribution in [3.8, 4) is 11.1 Å². The average molecular weight is 479 g/mol. The molecule has 2 unspecified atom stereocenters. The lowest BCUT2D eigenvalue weighted by Crippen LogP contribution is -2.44. The van der Waals surface area contributed by atoms with Crippen molar-refractivity contribution in [2.75, 3.05) is 6.61 Å². The number of hydrogen-bond acceptors (Lipinski definition) is 4. The Labute approximate surface area is 206 Å². The van der Waals surface area contributed by atoms with Gasteiger partial charge in [-0.25, -0.2) is 4.79 Å². The first kappa shape index (κ1) is 24.8. The van der Waals surface area contributed by atoms with Crippen LogP contribution in [0.2, 0.25) is 0 Å². The molecule has 1 saturated carbocycles. The van der Waals surface area contributed by atoms with Crippen molar-refractivity contribution in [1.29, 1.82) is 0 Å². The predicted octanol–water partition coefficient (Wildman–Crippen LogP) is 4.70. The number of fused-ring (bicyclic) bond motifs is 3. The minimum atomic E-state index is -0.797. The topological polar surface area (TPSA) is 105 Å². The van der Waals surface area contributed by atoms with Crippen LogP contribution in [0.3, 0.4) is 0 Å². The molecule has 0 aromatic heterocycles. The number of carboxylic acid groups (broad SMARTS) is 1. The maximum absolute atomic E-state index is 12.7. The number of ether oxygens (including phenoxy) is 1. The van der Waals surface area contributed by atoms with E-state index in [4.69, 9.17) is 9.84 Å². The van der Waals surface area contributed by atoms with Crippen molar-refractivity contribution in [2.24, 2.45) is 11.8 Å². The van der Waals surface area contributed by atoms with Crippen LogP contribution in [-0.4, -0.2) is 41.8 Å². The van der Waals surface area contributed by atoms with Gasteiger partial charge in [0.25, 0.3) is 0 Å². The Balaban J connectivity index is 1.30. The van der Waals surface area contributed by atoms with E-state index in [1.54, 1.807) is 0 Å². The summed E-state index contributed by atoms with van der Waals surface area (Å²) in [5, 5.41) is 14.9. The highest BCUT2D eigenvalue weighted by molar-refractivity contribution is 5.80. The fourth-order valence-corrected chi connectivity index (χ4v) is 5.37. The van der Waals surface area contributed by atoms with E-state index in [9.17, 15) is 14.4 Å². The molecule has 186 valence electrons. The Bertz CT molecular complexity index is 1040. The van der Waals surface area contributed by atoms with Crippen LogP contribution in [0, 0.1) is 11.8 Å². The lowest BCUT2D eigenvalue weighted by atomic mass is 9.98. The molecule has 0 bridgehead atoms. The summed E-state index contributed by atoms with van der Waals surface area (Å²) in [4.78, 5) is 36.3. The predicted molar refractivity (Wildman–Crippen MR) is 133 cm³/mol. The zero-order valence-electron chi connectivity index (χ0n) is 20.3. The summed E-state index contributed by atoms with van der Waals surface area (Å²) in [5.41, 5.74) is 4.65. The summed E-state index contributed by atoms with van der Waals surface area (Å²) in [6, 6.07) is 16.0. The van der Waals surface area contributed by atoms with Crippen LogP contribution in [0.1, 0.15) is 63.0 Å². The SMILES string of the molecule is CC(C)[C@H](CC(=O)NC1CCC(CC(=O)O)C1)NC(=O)OCC1c2ccccc2-c2ccccc21. The highest BCUT2D eigenvalue weighted by Gasteiger charge is 2.31. The summed E-state index contributed by atoms with van der Waals surface area (Å²) in [6.45, 7) is 4.14. The van der Waals surface area contributed by atoms with Gasteiger partial charge in [0.1, 0.15) is 6.61 Å². The van der Waals surface area contributed by atoms with Crippen molar-refractivity contribution in [3.05, 3.63) is 59.7 Å². The Morgan fingerprint density at radius 3 is 2.23 bits per heavy atom. The monoisotopic (exact) mass is 478 g/mol. The van der Waals surface area contributed by atoms with Crippen molar-refractivity contribution < 1.29 is 24.2 Å². The Morgan fingerprint density at radius 1 is 1.00 bits per heavy atom. The van der Waals surface area contributed by atoms with Gasteiger partial charge in [-0.15, -0.1) is 0 Å². The Hall–Kier alpha value is -3.35. The van der Waals surface area contributed by atoms with E-state index >= 15 is 0 Å². The van der Waals surface area contributed by atoms with Crippen LogP contribution in [0.25, 0.3) is 11.1 Å². The van der Waals surface area contributed by atoms with Gasteiger partial charge in [0, 0.05) is 30.8 Å². The molecular weight excluding hydrogens is 444 g/mol. The Kier molecular flexibility index (Phi) is 7.73. The molecule has 0 saturated heterocycles. The number of benzene rings is 2. The number of carbonyl (C=O) groups is 3. The minimum absolute atomic E-state index is 0.00545. The van der Waals surface area contributed by atoms with Gasteiger partial charge in [0.05, 0.1) is 0 Å². The van der Waals surface area contributed by atoms with Gasteiger partial charge in [-0.05, 0) is 53.4 Å². The lowest BCUT2D eigenvalue weighted by molar-refractivity contribution is -0.138. The number of aliphatic carboxylic acids is 1. The molecule has 3 N–H and O–H groups in total. The van der Waals surface area contributed by atoms with Crippen molar-refractivity contribution in [3.63, 3.8) is 0 Å². The third kappa shape index (κ3) is 6.02. The van der Waals surface area contributed by atoms with Crippen LogP contribution >= 0.6 is 0 Å². The molecule has 0 heterocycles. The molecule has 2 aromatic rings. The van der Waals surface area contributed by atoms with Gasteiger partial charge in [-0.3, -0.25) is 9.59 Å². The molecule has 2 aliphatic rings. The maximum Gasteiger partial charge on any atom is 0.407 e.